The van der Waals surface area contributed by atoms with Gasteiger partial charge in [-0.3, -0.25) is 14.6 Å². The summed E-state index contributed by atoms with van der Waals surface area (Å²) in [7, 11) is 0. The van der Waals surface area contributed by atoms with Crippen molar-refractivity contribution >= 4 is 5.97 Å². The van der Waals surface area contributed by atoms with Crippen LogP contribution in [-0.2, 0) is 4.79 Å². The van der Waals surface area contributed by atoms with Crippen LogP contribution < -0.4 is 0 Å². The molecule has 0 radical (unpaired) electrons. The standard InChI is InChI=1S/C15H26N2O2/c1-11-8-13(9-17(11)12-4-5-12)16-7-3-6-15(2,10-16)14(18)19/h11-13H,3-10H2,1-2H3,(H,18,19). The summed E-state index contributed by atoms with van der Waals surface area (Å²) in [6, 6.07) is 2.08. The molecule has 1 aliphatic carbocycles. The van der Waals surface area contributed by atoms with Gasteiger partial charge in [0.1, 0.15) is 0 Å². The van der Waals surface area contributed by atoms with Crippen LogP contribution in [0.3, 0.4) is 0 Å². The van der Waals surface area contributed by atoms with Gasteiger partial charge >= 0.3 is 5.97 Å². The van der Waals surface area contributed by atoms with Crippen molar-refractivity contribution in [2.24, 2.45) is 5.41 Å². The number of hydrogen-bond donors (Lipinski definition) is 1. The van der Waals surface area contributed by atoms with Crippen molar-refractivity contribution in [3.63, 3.8) is 0 Å². The van der Waals surface area contributed by atoms with Crippen LogP contribution in [0.15, 0.2) is 0 Å². The summed E-state index contributed by atoms with van der Waals surface area (Å²) in [6.45, 7) is 7.22. The lowest BCUT2D eigenvalue weighted by Crippen LogP contribution is -2.50. The van der Waals surface area contributed by atoms with E-state index in [-0.39, 0.29) is 0 Å². The lowest BCUT2D eigenvalue weighted by Gasteiger charge is -2.40. The number of piperidine rings is 1. The van der Waals surface area contributed by atoms with Gasteiger partial charge in [-0.25, -0.2) is 0 Å². The van der Waals surface area contributed by atoms with Gasteiger partial charge in [-0.05, 0) is 52.5 Å². The van der Waals surface area contributed by atoms with Crippen LogP contribution in [0.1, 0.15) is 46.0 Å². The molecule has 0 aromatic heterocycles. The second-order valence-corrected chi connectivity index (χ2v) is 7.11. The summed E-state index contributed by atoms with van der Waals surface area (Å²) >= 11 is 0. The minimum absolute atomic E-state index is 0.533. The average molecular weight is 266 g/mol. The molecule has 4 nitrogen and oxygen atoms in total. The fourth-order valence-electron chi connectivity index (χ4n) is 3.97. The van der Waals surface area contributed by atoms with E-state index in [0.717, 1.165) is 38.5 Å². The van der Waals surface area contributed by atoms with E-state index in [4.69, 9.17) is 0 Å². The van der Waals surface area contributed by atoms with E-state index < -0.39 is 11.4 Å². The molecule has 0 bridgehead atoms. The summed E-state index contributed by atoms with van der Waals surface area (Å²) in [6.07, 6.45) is 5.80. The topological polar surface area (TPSA) is 43.8 Å². The van der Waals surface area contributed by atoms with Crippen molar-refractivity contribution in [1.82, 2.24) is 9.80 Å². The molecule has 0 spiro atoms. The number of nitrogens with zero attached hydrogens (tertiary/aromatic N) is 2. The molecular weight excluding hydrogens is 240 g/mol. The fraction of sp³-hybridized carbons (Fsp3) is 0.933. The fourth-order valence-corrected chi connectivity index (χ4v) is 3.97. The van der Waals surface area contributed by atoms with Crippen LogP contribution in [0.2, 0.25) is 0 Å². The van der Waals surface area contributed by atoms with E-state index in [1.165, 1.54) is 19.3 Å². The number of likely N-dealkylation sites (tertiary alicyclic amines) is 2. The Morgan fingerprint density at radius 1 is 1.32 bits per heavy atom. The van der Waals surface area contributed by atoms with Crippen molar-refractivity contribution in [2.75, 3.05) is 19.6 Å². The molecule has 0 aromatic rings. The normalized spacial score (nSPS) is 41.6. The molecule has 108 valence electrons. The highest BCUT2D eigenvalue weighted by Crippen LogP contribution is 2.37. The zero-order valence-corrected chi connectivity index (χ0v) is 12.1. The van der Waals surface area contributed by atoms with Gasteiger partial charge in [-0.1, -0.05) is 0 Å². The van der Waals surface area contributed by atoms with Crippen molar-refractivity contribution < 1.29 is 9.90 Å². The zero-order valence-electron chi connectivity index (χ0n) is 12.1. The van der Waals surface area contributed by atoms with E-state index in [1.54, 1.807) is 0 Å². The maximum Gasteiger partial charge on any atom is 0.310 e. The summed E-state index contributed by atoms with van der Waals surface area (Å²) in [5.41, 5.74) is -0.533. The number of carboxylic acid groups (broad SMARTS) is 1. The number of carboxylic acids is 1. The number of hydrogen-bond acceptors (Lipinski definition) is 3. The molecule has 2 aliphatic heterocycles. The van der Waals surface area contributed by atoms with Crippen molar-refractivity contribution in [3.8, 4) is 0 Å². The molecule has 1 N–H and O–H groups in total. The smallest absolute Gasteiger partial charge is 0.310 e. The second-order valence-electron chi connectivity index (χ2n) is 7.11. The van der Waals surface area contributed by atoms with E-state index >= 15 is 0 Å². The first-order valence-electron chi connectivity index (χ1n) is 7.73. The Kier molecular flexibility index (Phi) is 3.34. The lowest BCUT2D eigenvalue weighted by molar-refractivity contribution is -0.151. The largest absolute Gasteiger partial charge is 0.481 e. The molecule has 1 saturated carbocycles. The molecule has 3 fully saturated rings. The van der Waals surface area contributed by atoms with Gasteiger partial charge in [0.05, 0.1) is 5.41 Å². The van der Waals surface area contributed by atoms with Gasteiger partial charge in [0.25, 0.3) is 0 Å². The molecule has 0 amide bonds. The Morgan fingerprint density at radius 3 is 2.68 bits per heavy atom. The van der Waals surface area contributed by atoms with Crippen LogP contribution in [0.4, 0.5) is 0 Å². The zero-order chi connectivity index (χ0) is 13.6. The second kappa shape index (κ2) is 4.74. The molecule has 3 atom stereocenters. The number of carbonyl (C=O) groups is 1. The molecule has 2 saturated heterocycles. The van der Waals surface area contributed by atoms with E-state index in [9.17, 15) is 9.90 Å². The van der Waals surface area contributed by atoms with Gasteiger partial charge in [0, 0.05) is 31.2 Å². The number of aliphatic carboxylic acids is 1. The minimum Gasteiger partial charge on any atom is -0.481 e. The summed E-state index contributed by atoms with van der Waals surface area (Å²) in [5, 5.41) is 9.42. The van der Waals surface area contributed by atoms with E-state index in [1.807, 2.05) is 6.92 Å². The summed E-state index contributed by atoms with van der Waals surface area (Å²) in [4.78, 5) is 16.6. The molecule has 3 unspecified atom stereocenters. The molecule has 2 heterocycles. The van der Waals surface area contributed by atoms with Gasteiger partial charge < -0.3 is 5.11 Å². The Balaban J connectivity index is 1.64. The van der Waals surface area contributed by atoms with Crippen LogP contribution >= 0.6 is 0 Å². The number of rotatable bonds is 3. The van der Waals surface area contributed by atoms with Crippen molar-refractivity contribution in [2.45, 2.75) is 64.1 Å². The highest BCUT2D eigenvalue weighted by atomic mass is 16.4. The van der Waals surface area contributed by atoms with Crippen LogP contribution in [0.5, 0.6) is 0 Å². The quantitative estimate of drug-likeness (QED) is 0.846. The maximum absolute atomic E-state index is 11.4. The van der Waals surface area contributed by atoms with Crippen LogP contribution in [0.25, 0.3) is 0 Å². The first kappa shape index (κ1) is 13.4. The Hall–Kier alpha value is -0.610. The highest BCUT2D eigenvalue weighted by molar-refractivity contribution is 5.74. The first-order chi connectivity index (χ1) is 8.99. The molecule has 3 aliphatic rings. The van der Waals surface area contributed by atoms with Gasteiger partial charge in [-0.15, -0.1) is 0 Å². The van der Waals surface area contributed by atoms with E-state index in [2.05, 4.69) is 16.7 Å². The lowest BCUT2D eigenvalue weighted by atomic mass is 9.81. The Bertz CT molecular complexity index is 369. The summed E-state index contributed by atoms with van der Waals surface area (Å²) < 4.78 is 0. The van der Waals surface area contributed by atoms with Gasteiger partial charge in [-0.2, -0.15) is 0 Å². The molecule has 3 rings (SSSR count). The monoisotopic (exact) mass is 266 g/mol. The molecule has 4 heteroatoms. The summed E-state index contributed by atoms with van der Waals surface area (Å²) in [5.74, 6) is -0.623. The SMILES string of the molecule is CC1CC(N2CCCC(C)(C(=O)O)C2)CN1C1CC1. The first-order valence-corrected chi connectivity index (χ1v) is 7.73. The van der Waals surface area contributed by atoms with Crippen LogP contribution in [-0.4, -0.2) is 58.6 Å². The maximum atomic E-state index is 11.4. The van der Waals surface area contributed by atoms with Gasteiger partial charge in [0.2, 0.25) is 0 Å². The Morgan fingerprint density at radius 2 is 2.05 bits per heavy atom. The van der Waals surface area contributed by atoms with Crippen molar-refractivity contribution in [1.29, 1.82) is 0 Å². The molecular formula is C15H26N2O2. The third-order valence-electron chi connectivity index (χ3n) is 5.38. The minimum atomic E-state index is -0.623. The third kappa shape index (κ3) is 2.52. The van der Waals surface area contributed by atoms with E-state index in [0.29, 0.717) is 12.1 Å². The predicted molar refractivity (Wildman–Crippen MR) is 74.1 cm³/mol. The molecule has 0 aromatic carbocycles. The average Bonchev–Trinajstić information content (AvgIpc) is 3.12. The molecule has 19 heavy (non-hydrogen) atoms. The third-order valence-corrected chi connectivity index (χ3v) is 5.38. The highest BCUT2D eigenvalue weighted by Gasteiger charge is 2.44. The predicted octanol–water partition coefficient (Wildman–Crippen LogP) is 1.80. The van der Waals surface area contributed by atoms with Crippen LogP contribution in [0, 0.1) is 5.41 Å². The van der Waals surface area contributed by atoms with Crippen molar-refractivity contribution in [3.05, 3.63) is 0 Å². The van der Waals surface area contributed by atoms with Gasteiger partial charge in [0.15, 0.2) is 0 Å². The Labute approximate surface area is 115 Å².